The summed E-state index contributed by atoms with van der Waals surface area (Å²) in [7, 11) is 0. The van der Waals surface area contributed by atoms with E-state index in [1.165, 1.54) is 0 Å². The van der Waals surface area contributed by atoms with Gasteiger partial charge in [-0.2, -0.15) is 0 Å². The van der Waals surface area contributed by atoms with Gasteiger partial charge in [0.2, 0.25) is 5.91 Å². The first kappa shape index (κ1) is 13.4. The molecular weight excluding hydrogens is 180 g/mol. The molecule has 0 bridgehead atoms. The van der Waals surface area contributed by atoms with Crippen LogP contribution in [0.4, 0.5) is 0 Å². The highest BCUT2D eigenvalue weighted by molar-refractivity contribution is 5.79. The molecule has 0 aliphatic rings. The molecule has 0 aromatic carbocycles. The minimum atomic E-state index is -0.611. The second-order valence-electron chi connectivity index (χ2n) is 4.53. The highest BCUT2D eigenvalue weighted by atomic mass is 16.3. The summed E-state index contributed by atoms with van der Waals surface area (Å²) in [4.78, 5) is 11.6. The number of nitrogens with two attached hydrogens (primary N) is 1. The van der Waals surface area contributed by atoms with Crippen LogP contribution in [0.3, 0.4) is 0 Å². The Kier molecular flexibility index (Phi) is 4.55. The maximum atomic E-state index is 11.6. The molecule has 0 heterocycles. The molecule has 4 N–H and O–H groups in total. The average molecular weight is 202 g/mol. The molecule has 0 saturated carbocycles. The van der Waals surface area contributed by atoms with Gasteiger partial charge in [-0.3, -0.25) is 4.79 Å². The average Bonchev–Trinajstić information content (AvgIpc) is 2.01. The molecule has 0 radical (unpaired) electrons. The highest BCUT2D eigenvalue weighted by Crippen LogP contribution is 2.10. The quantitative estimate of drug-likeness (QED) is 0.611. The van der Waals surface area contributed by atoms with E-state index in [9.17, 15) is 9.90 Å². The van der Waals surface area contributed by atoms with Crippen molar-refractivity contribution in [3.8, 4) is 0 Å². The van der Waals surface area contributed by atoms with Crippen molar-refractivity contribution < 1.29 is 9.90 Å². The van der Waals surface area contributed by atoms with Gasteiger partial charge >= 0.3 is 0 Å². The summed E-state index contributed by atoms with van der Waals surface area (Å²) >= 11 is 0. The van der Waals surface area contributed by atoms with Gasteiger partial charge in [-0.25, -0.2) is 0 Å². The number of nitrogens with one attached hydrogen (secondary N) is 1. The van der Waals surface area contributed by atoms with Crippen LogP contribution in [0.1, 0.15) is 34.6 Å². The number of rotatable bonds is 4. The number of carbonyl (C=O) groups is 1. The first-order chi connectivity index (χ1) is 6.18. The van der Waals surface area contributed by atoms with Crippen LogP contribution in [0.15, 0.2) is 0 Å². The maximum Gasteiger partial charge on any atom is 0.224 e. The molecule has 4 heteroatoms. The largest absolute Gasteiger partial charge is 0.391 e. The van der Waals surface area contributed by atoms with E-state index in [4.69, 9.17) is 5.73 Å². The van der Waals surface area contributed by atoms with Gasteiger partial charge in [0, 0.05) is 12.0 Å². The Morgan fingerprint density at radius 2 is 1.79 bits per heavy atom. The molecule has 0 saturated heterocycles. The number of hydrogen-bond donors (Lipinski definition) is 3. The van der Waals surface area contributed by atoms with E-state index in [2.05, 4.69) is 5.32 Å². The van der Waals surface area contributed by atoms with E-state index in [1.54, 1.807) is 34.6 Å². The predicted molar refractivity (Wildman–Crippen MR) is 56.7 cm³/mol. The Hall–Kier alpha value is -0.610. The molecule has 0 spiro atoms. The highest BCUT2D eigenvalue weighted by Gasteiger charge is 2.28. The molecule has 14 heavy (non-hydrogen) atoms. The maximum absolute atomic E-state index is 11.6. The van der Waals surface area contributed by atoms with Gasteiger partial charge in [0.25, 0.3) is 0 Å². The van der Waals surface area contributed by atoms with Gasteiger partial charge in [0.15, 0.2) is 0 Å². The molecule has 3 unspecified atom stereocenters. The summed E-state index contributed by atoms with van der Waals surface area (Å²) in [6, 6.07) is -0.181. The van der Waals surface area contributed by atoms with Gasteiger partial charge in [-0.1, -0.05) is 6.92 Å². The number of hydrogen-bond acceptors (Lipinski definition) is 3. The molecule has 1 amide bonds. The summed E-state index contributed by atoms with van der Waals surface area (Å²) in [5, 5.41) is 12.2. The van der Waals surface area contributed by atoms with E-state index in [1.807, 2.05) is 0 Å². The van der Waals surface area contributed by atoms with Crippen molar-refractivity contribution in [3.05, 3.63) is 0 Å². The summed E-state index contributed by atoms with van der Waals surface area (Å²) in [6.07, 6.45) is -0.591. The number of aliphatic hydroxyl groups excluding tert-OH is 1. The minimum Gasteiger partial charge on any atom is -0.391 e. The molecule has 3 atom stereocenters. The van der Waals surface area contributed by atoms with Crippen LogP contribution in [-0.4, -0.2) is 28.7 Å². The van der Waals surface area contributed by atoms with Crippen molar-refractivity contribution in [1.29, 1.82) is 0 Å². The standard InChI is InChI=1S/C10H22N2O2/c1-6(7(2)11)9(14)12-10(4,5)8(3)13/h6-8,13H,11H2,1-5H3,(H,12,14). The van der Waals surface area contributed by atoms with Gasteiger partial charge < -0.3 is 16.2 Å². The normalized spacial score (nSPS) is 18.5. The van der Waals surface area contributed by atoms with Gasteiger partial charge in [0.05, 0.1) is 11.6 Å². The molecule has 84 valence electrons. The van der Waals surface area contributed by atoms with E-state index in [0.29, 0.717) is 0 Å². The van der Waals surface area contributed by atoms with Gasteiger partial charge in [-0.05, 0) is 27.7 Å². The summed E-state index contributed by atoms with van der Waals surface area (Å²) in [5.41, 5.74) is 5.00. The third-order valence-electron chi connectivity index (χ3n) is 2.69. The molecule has 0 aliphatic heterocycles. The Morgan fingerprint density at radius 3 is 2.07 bits per heavy atom. The fourth-order valence-corrected chi connectivity index (χ4v) is 0.775. The van der Waals surface area contributed by atoms with Gasteiger partial charge in [-0.15, -0.1) is 0 Å². The molecular formula is C10H22N2O2. The van der Waals surface area contributed by atoms with Crippen LogP contribution in [0.5, 0.6) is 0 Å². The second kappa shape index (κ2) is 4.75. The SMILES string of the molecule is CC(N)C(C)C(=O)NC(C)(C)C(C)O. The first-order valence-corrected chi connectivity index (χ1v) is 4.94. The van der Waals surface area contributed by atoms with Crippen molar-refractivity contribution in [2.45, 2.75) is 52.3 Å². The predicted octanol–water partition coefficient (Wildman–Crippen LogP) is 0.245. The van der Waals surface area contributed by atoms with Crippen LogP contribution in [0.2, 0.25) is 0 Å². The van der Waals surface area contributed by atoms with Crippen molar-refractivity contribution in [1.82, 2.24) is 5.32 Å². The zero-order chi connectivity index (χ0) is 11.5. The lowest BCUT2D eigenvalue weighted by atomic mass is 9.96. The van der Waals surface area contributed by atoms with Crippen LogP contribution < -0.4 is 11.1 Å². The monoisotopic (exact) mass is 202 g/mol. The van der Waals surface area contributed by atoms with Crippen molar-refractivity contribution in [2.75, 3.05) is 0 Å². The Labute approximate surface area is 85.9 Å². The Balaban J connectivity index is 4.32. The van der Waals surface area contributed by atoms with Crippen LogP contribution in [-0.2, 0) is 4.79 Å². The number of carbonyl (C=O) groups excluding carboxylic acids is 1. The van der Waals surface area contributed by atoms with Crippen LogP contribution >= 0.6 is 0 Å². The number of aliphatic hydroxyl groups is 1. The van der Waals surface area contributed by atoms with E-state index in [-0.39, 0.29) is 17.9 Å². The van der Waals surface area contributed by atoms with Gasteiger partial charge in [0.1, 0.15) is 0 Å². The third-order valence-corrected chi connectivity index (χ3v) is 2.69. The summed E-state index contributed by atoms with van der Waals surface area (Å²) in [5.74, 6) is -0.362. The second-order valence-corrected chi connectivity index (χ2v) is 4.53. The smallest absolute Gasteiger partial charge is 0.224 e. The lowest BCUT2D eigenvalue weighted by Gasteiger charge is -2.31. The van der Waals surface area contributed by atoms with Crippen molar-refractivity contribution in [3.63, 3.8) is 0 Å². The van der Waals surface area contributed by atoms with E-state index >= 15 is 0 Å². The Morgan fingerprint density at radius 1 is 1.36 bits per heavy atom. The Bertz CT molecular complexity index is 200. The molecule has 4 nitrogen and oxygen atoms in total. The van der Waals surface area contributed by atoms with Crippen molar-refractivity contribution >= 4 is 5.91 Å². The topological polar surface area (TPSA) is 75.4 Å². The minimum absolute atomic E-state index is 0.120. The van der Waals surface area contributed by atoms with E-state index in [0.717, 1.165) is 0 Å². The van der Waals surface area contributed by atoms with E-state index < -0.39 is 11.6 Å². The number of amides is 1. The zero-order valence-corrected chi connectivity index (χ0v) is 9.66. The lowest BCUT2D eigenvalue weighted by Crippen LogP contribution is -2.54. The fraction of sp³-hybridized carbons (Fsp3) is 0.900. The lowest BCUT2D eigenvalue weighted by molar-refractivity contribution is -0.127. The first-order valence-electron chi connectivity index (χ1n) is 4.94. The fourth-order valence-electron chi connectivity index (χ4n) is 0.775. The molecule has 0 aliphatic carbocycles. The molecule has 0 aromatic rings. The van der Waals surface area contributed by atoms with Crippen LogP contribution in [0, 0.1) is 5.92 Å². The van der Waals surface area contributed by atoms with Crippen molar-refractivity contribution in [2.24, 2.45) is 11.7 Å². The third kappa shape index (κ3) is 3.64. The zero-order valence-electron chi connectivity index (χ0n) is 9.66. The summed E-state index contributed by atoms with van der Waals surface area (Å²) < 4.78 is 0. The molecule has 0 fully saturated rings. The summed E-state index contributed by atoms with van der Waals surface area (Å²) in [6.45, 7) is 8.78. The van der Waals surface area contributed by atoms with Crippen LogP contribution in [0.25, 0.3) is 0 Å². The molecule has 0 aromatic heterocycles. The molecule has 0 rings (SSSR count).